The van der Waals surface area contributed by atoms with Crippen LogP contribution in [0, 0.1) is 0 Å². The Labute approximate surface area is 150 Å². The molecule has 0 aliphatic carbocycles. The topological polar surface area (TPSA) is 49.4 Å². The number of anilines is 1. The van der Waals surface area contributed by atoms with Gasteiger partial charge in [0.1, 0.15) is 6.04 Å². The molecule has 2 amide bonds. The molecule has 2 aromatic carbocycles. The summed E-state index contributed by atoms with van der Waals surface area (Å²) < 4.78 is 0. The fourth-order valence-corrected chi connectivity index (χ4v) is 3.30. The number of carbonyl (C=O) groups is 2. The normalized spacial score (nSPS) is 14.2. The van der Waals surface area contributed by atoms with Gasteiger partial charge in [-0.25, -0.2) is 0 Å². The second-order valence-corrected chi connectivity index (χ2v) is 6.53. The third-order valence-corrected chi connectivity index (χ3v) is 4.59. The molecular formula is C18H16Cl2N2O2. The van der Waals surface area contributed by atoms with E-state index in [9.17, 15) is 9.59 Å². The van der Waals surface area contributed by atoms with Gasteiger partial charge in [0.25, 0.3) is 5.91 Å². The van der Waals surface area contributed by atoms with Crippen LogP contribution in [-0.2, 0) is 11.2 Å². The minimum atomic E-state index is -0.657. The van der Waals surface area contributed by atoms with Crippen LogP contribution in [0.25, 0.3) is 0 Å². The van der Waals surface area contributed by atoms with Crippen molar-refractivity contribution in [3.8, 4) is 0 Å². The lowest BCUT2D eigenvalue weighted by atomic mass is 10.1. The quantitative estimate of drug-likeness (QED) is 0.904. The largest absolute Gasteiger partial charge is 0.340 e. The summed E-state index contributed by atoms with van der Waals surface area (Å²) in [6.45, 7) is 2.30. The van der Waals surface area contributed by atoms with Gasteiger partial charge < -0.3 is 10.2 Å². The molecule has 1 aliphatic heterocycles. The van der Waals surface area contributed by atoms with E-state index in [0.29, 0.717) is 17.1 Å². The number of rotatable bonds is 3. The van der Waals surface area contributed by atoms with Gasteiger partial charge in [0.2, 0.25) is 5.91 Å². The fourth-order valence-electron chi connectivity index (χ4n) is 2.81. The monoisotopic (exact) mass is 362 g/mol. The minimum absolute atomic E-state index is 0.140. The van der Waals surface area contributed by atoms with Gasteiger partial charge in [-0.05, 0) is 43.2 Å². The lowest BCUT2D eigenvalue weighted by molar-refractivity contribution is -0.119. The predicted molar refractivity (Wildman–Crippen MR) is 95.9 cm³/mol. The molecule has 0 saturated heterocycles. The van der Waals surface area contributed by atoms with Crippen molar-refractivity contribution in [3.05, 3.63) is 63.6 Å². The zero-order valence-corrected chi connectivity index (χ0v) is 14.6. The molecule has 4 nitrogen and oxygen atoms in total. The summed E-state index contributed by atoms with van der Waals surface area (Å²) in [5, 5.41) is 3.42. The first-order chi connectivity index (χ1) is 11.5. The van der Waals surface area contributed by atoms with Crippen molar-refractivity contribution in [2.75, 3.05) is 11.4 Å². The second-order valence-electron chi connectivity index (χ2n) is 5.69. The number of nitrogens with zero attached hydrogens (tertiary/aromatic N) is 1. The van der Waals surface area contributed by atoms with Crippen LogP contribution in [0.2, 0.25) is 10.0 Å². The van der Waals surface area contributed by atoms with E-state index in [4.69, 9.17) is 23.2 Å². The van der Waals surface area contributed by atoms with E-state index in [-0.39, 0.29) is 10.9 Å². The van der Waals surface area contributed by atoms with E-state index in [0.717, 1.165) is 17.7 Å². The maximum atomic E-state index is 12.7. The Balaban J connectivity index is 1.72. The van der Waals surface area contributed by atoms with Gasteiger partial charge in [0.15, 0.2) is 0 Å². The van der Waals surface area contributed by atoms with Gasteiger partial charge in [-0.2, -0.15) is 0 Å². The molecule has 0 unspecified atom stereocenters. The van der Waals surface area contributed by atoms with Crippen LogP contribution in [0.3, 0.4) is 0 Å². The van der Waals surface area contributed by atoms with Crippen LogP contribution in [0.5, 0.6) is 0 Å². The summed E-state index contributed by atoms with van der Waals surface area (Å²) in [6, 6.07) is 11.8. The van der Waals surface area contributed by atoms with Gasteiger partial charge >= 0.3 is 0 Å². The van der Waals surface area contributed by atoms with Gasteiger partial charge in [0.05, 0.1) is 10.6 Å². The Hall–Kier alpha value is -2.04. The molecule has 2 aromatic rings. The number of carbonyl (C=O) groups excluding carboxylic acids is 2. The molecule has 0 spiro atoms. The zero-order chi connectivity index (χ0) is 17.3. The van der Waals surface area contributed by atoms with Crippen LogP contribution < -0.4 is 10.2 Å². The Morgan fingerprint density at radius 2 is 1.92 bits per heavy atom. The molecule has 1 heterocycles. The minimum Gasteiger partial charge on any atom is -0.340 e. The third-order valence-electron chi connectivity index (χ3n) is 4.05. The van der Waals surface area contributed by atoms with Crippen molar-refractivity contribution >= 4 is 40.7 Å². The van der Waals surface area contributed by atoms with Gasteiger partial charge in [0, 0.05) is 17.3 Å². The van der Waals surface area contributed by atoms with Crippen LogP contribution in [0.15, 0.2) is 42.5 Å². The molecule has 124 valence electrons. The number of hydrogen-bond acceptors (Lipinski definition) is 2. The van der Waals surface area contributed by atoms with E-state index < -0.39 is 11.9 Å². The molecule has 24 heavy (non-hydrogen) atoms. The third kappa shape index (κ3) is 3.25. The Morgan fingerprint density at radius 1 is 1.17 bits per heavy atom. The SMILES string of the molecule is C[C@H](NC(=O)c1ccc(Cl)cc1Cl)C(=O)N1CCc2ccccc21. The molecular weight excluding hydrogens is 347 g/mol. The van der Waals surface area contributed by atoms with Gasteiger partial charge in [-0.1, -0.05) is 41.4 Å². The molecule has 1 aliphatic rings. The lowest BCUT2D eigenvalue weighted by Crippen LogP contribution is -2.46. The maximum absolute atomic E-state index is 12.7. The fraction of sp³-hybridized carbons (Fsp3) is 0.222. The van der Waals surface area contributed by atoms with Gasteiger partial charge in [-0.15, -0.1) is 0 Å². The van der Waals surface area contributed by atoms with E-state index >= 15 is 0 Å². The van der Waals surface area contributed by atoms with Crippen molar-refractivity contribution in [3.63, 3.8) is 0 Å². The Kier molecular flexibility index (Phi) is 4.78. The van der Waals surface area contributed by atoms with Crippen molar-refractivity contribution in [1.82, 2.24) is 5.32 Å². The first-order valence-corrected chi connectivity index (χ1v) is 8.38. The summed E-state index contributed by atoms with van der Waals surface area (Å²) >= 11 is 11.9. The van der Waals surface area contributed by atoms with Crippen LogP contribution in [-0.4, -0.2) is 24.4 Å². The van der Waals surface area contributed by atoms with E-state index in [1.165, 1.54) is 6.07 Å². The molecule has 1 atom stereocenters. The predicted octanol–water partition coefficient (Wildman–Crippen LogP) is 3.70. The highest BCUT2D eigenvalue weighted by molar-refractivity contribution is 6.36. The maximum Gasteiger partial charge on any atom is 0.253 e. The number of para-hydroxylation sites is 1. The highest BCUT2D eigenvalue weighted by atomic mass is 35.5. The molecule has 0 saturated carbocycles. The van der Waals surface area contributed by atoms with Crippen LogP contribution >= 0.6 is 23.2 Å². The van der Waals surface area contributed by atoms with E-state index in [2.05, 4.69) is 5.32 Å². The number of nitrogens with one attached hydrogen (secondary N) is 1. The molecule has 6 heteroatoms. The summed E-state index contributed by atoms with van der Waals surface area (Å²) in [4.78, 5) is 26.7. The molecule has 0 radical (unpaired) electrons. The van der Waals surface area contributed by atoms with Crippen LogP contribution in [0.1, 0.15) is 22.8 Å². The number of fused-ring (bicyclic) bond motifs is 1. The van der Waals surface area contributed by atoms with E-state index in [1.54, 1.807) is 24.0 Å². The van der Waals surface area contributed by atoms with Crippen molar-refractivity contribution in [1.29, 1.82) is 0 Å². The highest BCUT2D eigenvalue weighted by Gasteiger charge is 2.28. The highest BCUT2D eigenvalue weighted by Crippen LogP contribution is 2.28. The van der Waals surface area contributed by atoms with Gasteiger partial charge in [-0.3, -0.25) is 9.59 Å². The summed E-state index contributed by atoms with van der Waals surface area (Å²) in [5.74, 6) is -0.539. The Morgan fingerprint density at radius 3 is 2.67 bits per heavy atom. The molecule has 1 N–H and O–H groups in total. The standard InChI is InChI=1S/C18H16Cl2N2O2/c1-11(21-17(23)14-7-6-13(19)10-15(14)20)18(24)22-9-8-12-4-2-3-5-16(12)22/h2-7,10-11H,8-9H2,1H3,(H,21,23)/t11-/m0/s1. The first-order valence-electron chi connectivity index (χ1n) is 7.62. The number of amides is 2. The molecule has 0 aromatic heterocycles. The van der Waals surface area contributed by atoms with Crippen molar-refractivity contribution in [2.24, 2.45) is 0 Å². The first kappa shape index (κ1) is 16.8. The summed E-state index contributed by atoms with van der Waals surface area (Å²) in [5.41, 5.74) is 2.35. The smallest absolute Gasteiger partial charge is 0.253 e. The molecule has 0 fully saturated rings. The number of benzene rings is 2. The molecule has 3 rings (SSSR count). The number of halogens is 2. The lowest BCUT2D eigenvalue weighted by Gasteiger charge is -2.22. The van der Waals surface area contributed by atoms with Crippen LogP contribution in [0.4, 0.5) is 5.69 Å². The average molecular weight is 363 g/mol. The summed E-state index contributed by atoms with van der Waals surface area (Å²) in [7, 11) is 0. The Bertz CT molecular complexity index is 807. The molecule has 0 bridgehead atoms. The zero-order valence-electron chi connectivity index (χ0n) is 13.1. The van der Waals surface area contributed by atoms with E-state index in [1.807, 2.05) is 24.3 Å². The van der Waals surface area contributed by atoms with Crippen molar-refractivity contribution < 1.29 is 9.59 Å². The summed E-state index contributed by atoms with van der Waals surface area (Å²) in [6.07, 6.45) is 0.825. The second kappa shape index (κ2) is 6.83. The number of hydrogen-bond donors (Lipinski definition) is 1. The average Bonchev–Trinajstić information content (AvgIpc) is 2.97. The van der Waals surface area contributed by atoms with Crippen molar-refractivity contribution in [2.45, 2.75) is 19.4 Å².